The smallest absolute Gasteiger partial charge is 0.337 e. The minimum atomic E-state index is -0.555. The quantitative estimate of drug-likeness (QED) is 0.715. The molecule has 0 spiro atoms. The second-order valence-electron chi connectivity index (χ2n) is 5.62. The maximum Gasteiger partial charge on any atom is 0.337 e. The standard InChI is InChI=1S/C17H19N3O4/c1-10-8-18-14-11(10)4-3-5-13(14)19-15-12(17(23)24-2)9-20(6-7-21)16(15)22/h3-5,8,18-19,21H,6-7,9H2,1-2H3. The maximum absolute atomic E-state index is 12.5. The number of carbonyl (C=O) groups is 2. The lowest BCUT2D eigenvalue weighted by atomic mass is 10.1. The van der Waals surface area contributed by atoms with E-state index in [1.807, 2.05) is 31.3 Å². The molecule has 1 aliphatic rings. The van der Waals surface area contributed by atoms with Crippen molar-refractivity contribution < 1.29 is 19.4 Å². The van der Waals surface area contributed by atoms with Crippen LogP contribution in [0, 0.1) is 6.92 Å². The van der Waals surface area contributed by atoms with Crippen LogP contribution in [-0.4, -0.2) is 53.7 Å². The molecule has 0 saturated heterocycles. The summed E-state index contributed by atoms with van der Waals surface area (Å²) in [7, 11) is 1.28. The zero-order valence-electron chi connectivity index (χ0n) is 13.5. The van der Waals surface area contributed by atoms with Crippen molar-refractivity contribution in [3.63, 3.8) is 0 Å². The number of H-pyrrole nitrogens is 1. The molecule has 126 valence electrons. The van der Waals surface area contributed by atoms with Crippen molar-refractivity contribution in [3.8, 4) is 0 Å². The highest BCUT2D eigenvalue weighted by atomic mass is 16.5. The van der Waals surface area contributed by atoms with Gasteiger partial charge in [0.2, 0.25) is 0 Å². The first-order valence-electron chi connectivity index (χ1n) is 7.62. The number of hydrogen-bond acceptors (Lipinski definition) is 5. The lowest BCUT2D eigenvalue weighted by Gasteiger charge is -2.15. The minimum absolute atomic E-state index is 0.119. The van der Waals surface area contributed by atoms with Crippen molar-refractivity contribution in [1.82, 2.24) is 9.88 Å². The zero-order chi connectivity index (χ0) is 17.3. The first kappa shape index (κ1) is 16.1. The molecular weight excluding hydrogens is 310 g/mol. The van der Waals surface area contributed by atoms with Crippen LogP contribution in [0.1, 0.15) is 5.56 Å². The first-order chi connectivity index (χ1) is 11.6. The van der Waals surface area contributed by atoms with Crippen LogP contribution in [0.25, 0.3) is 10.9 Å². The summed E-state index contributed by atoms with van der Waals surface area (Å²) >= 11 is 0. The maximum atomic E-state index is 12.5. The van der Waals surface area contributed by atoms with Crippen LogP contribution in [-0.2, 0) is 14.3 Å². The molecule has 1 aromatic carbocycles. The molecule has 3 rings (SSSR count). The van der Waals surface area contributed by atoms with Gasteiger partial charge >= 0.3 is 5.97 Å². The van der Waals surface area contributed by atoms with Crippen molar-refractivity contribution in [2.45, 2.75) is 6.92 Å². The molecule has 3 N–H and O–H groups in total. The van der Waals surface area contributed by atoms with Crippen LogP contribution < -0.4 is 5.32 Å². The number of rotatable bonds is 5. The Morgan fingerprint density at radius 1 is 1.46 bits per heavy atom. The van der Waals surface area contributed by atoms with Crippen LogP contribution in [0.4, 0.5) is 5.69 Å². The molecule has 1 amide bonds. The molecule has 7 nitrogen and oxygen atoms in total. The average molecular weight is 329 g/mol. The number of amides is 1. The van der Waals surface area contributed by atoms with Gasteiger partial charge in [-0.15, -0.1) is 0 Å². The van der Waals surface area contributed by atoms with E-state index < -0.39 is 5.97 Å². The Hall–Kier alpha value is -2.80. The number of nitrogens with one attached hydrogen (secondary N) is 2. The summed E-state index contributed by atoms with van der Waals surface area (Å²) < 4.78 is 4.78. The molecule has 0 fully saturated rings. The van der Waals surface area contributed by atoms with E-state index in [-0.39, 0.29) is 36.9 Å². The summed E-state index contributed by atoms with van der Waals surface area (Å²) in [6, 6.07) is 5.70. The third kappa shape index (κ3) is 2.63. The molecule has 1 aromatic heterocycles. The molecule has 0 atom stereocenters. The number of nitrogens with zero attached hydrogens (tertiary/aromatic N) is 1. The number of β-amino-alcohol motifs (C(OH)–C–C–N with tert-alkyl or cyclic N) is 1. The number of ether oxygens (including phenoxy) is 1. The molecule has 0 radical (unpaired) electrons. The van der Waals surface area contributed by atoms with Gasteiger partial charge in [0.15, 0.2) is 0 Å². The Morgan fingerprint density at radius 2 is 2.25 bits per heavy atom. The van der Waals surface area contributed by atoms with E-state index in [0.29, 0.717) is 5.69 Å². The largest absolute Gasteiger partial charge is 0.466 e. The van der Waals surface area contributed by atoms with E-state index in [2.05, 4.69) is 10.3 Å². The summed E-state index contributed by atoms with van der Waals surface area (Å²) in [5.74, 6) is -0.883. The Labute approximate surface area is 138 Å². The second kappa shape index (κ2) is 6.37. The van der Waals surface area contributed by atoms with Gasteiger partial charge in [-0.3, -0.25) is 4.79 Å². The molecule has 2 heterocycles. The third-order valence-electron chi connectivity index (χ3n) is 4.14. The number of carbonyl (C=O) groups excluding carboxylic acids is 2. The fourth-order valence-corrected chi connectivity index (χ4v) is 2.88. The number of aliphatic hydroxyl groups is 1. The lowest BCUT2D eigenvalue weighted by molar-refractivity contribution is -0.136. The van der Waals surface area contributed by atoms with Crippen LogP contribution in [0.15, 0.2) is 35.7 Å². The number of para-hydroxylation sites is 1. The molecule has 0 unspecified atom stereocenters. The summed E-state index contributed by atoms with van der Waals surface area (Å²) in [6.45, 7) is 2.11. The highest BCUT2D eigenvalue weighted by molar-refractivity contribution is 6.09. The Bertz CT molecular complexity index is 837. The third-order valence-corrected chi connectivity index (χ3v) is 4.14. The molecule has 7 heteroatoms. The number of hydrogen-bond donors (Lipinski definition) is 3. The number of benzene rings is 1. The molecule has 0 saturated carbocycles. The number of methoxy groups -OCH3 is 1. The van der Waals surface area contributed by atoms with Gasteiger partial charge in [-0.25, -0.2) is 4.79 Å². The van der Waals surface area contributed by atoms with Gasteiger partial charge in [0.05, 0.1) is 37.0 Å². The second-order valence-corrected chi connectivity index (χ2v) is 5.62. The van der Waals surface area contributed by atoms with Gasteiger partial charge in [0, 0.05) is 18.1 Å². The fraction of sp³-hybridized carbons (Fsp3) is 0.294. The van der Waals surface area contributed by atoms with Crippen LogP contribution >= 0.6 is 0 Å². The fourth-order valence-electron chi connectivity index (χ4n) is 2.88. The van der Waals surface area contributed by atoms with Gasteiger partial charge in [0.1, 0.15) is 5.70 Å². The summed E-state index contributed by atoms with van der Waals surface area (Å²) in [5.41, 5.74) is 3.11. The monoisotopic (exact) mass is 329 g/mol. The van der Waals surface area contributed by atoms with Gasteiger partial charge in [-0.1, -0.05) is 12.1 Å². The highest BCUT2D eigenvalue weighted by Gasteiger charge is 2.34. The number of anilines is 1. The number of aliphatic hydroxyl groups excluding tert-OH is 1. The number of aryl methyl sites for hydroxylation is 1. The van der Waals surface area contributed by atoms with E-state index >= 15 is 0 Å². The van der Waals surface area contributed by atoms with Crippen molar-refractivity contribution in [1.29, 1.82) is 0 Å². The number of esters is 1. The summed E-state index contributed by atoms with van der Waals surface area (Å²) in [5, 5.41) is 13.2. The van der Waals surface area contributed by atoms with Gasteiger partial charge in [-0.05, 0) is 18.6 Å². The Balaban J connectivity index is 2.01. The van der Waals surface area contributed by atoms with E-state index in [1.165, 1.54) is 12.0 Å². The van der Waals surface area contributed by atoms with E-state index in [1.54, 1.807) is 0 Å². The SMILES string of the molecule is COC(=O)C1=C(Nc2cccc3c(C)c[nH]c23)C(=O)N(CCO)C1. The van der Waals surface area contributed by atoms with Gasteiger partial charge < -0.3 is 25.0 Å². The highest BCUT2D eigenvalue weighted by Crippen LogP contribution is 2.28. The zero-order valence-corrected chi connectivity index (χ0v) is 13.5. The lowest BCUT2D eigenvalue weighted by Crippen LogP contribution is -2.31. The van der Waals surface area contributed by atoms with Crippen LogP contribution in [0.2, 0.25) is 0 Å². The van der Waals surface area contributed by atoms with Gasteiger partial charge in [-0.2, -0.15) is 0 Å². The topological polar surface area (TPSA) is 94.7 Å². The van der Waals surface area contributed by atoms with E-state index in [9.17, 15) is 9.59 Å². The molecule has 1 aliphatic heterocycles. The van der Waals surface area contributed by atoms with Crippen molar-refractivity contribution >= 4 is 28.5 Å². The van der Waals surface area contributed by atoms with Crippen molar-refractivity contribution in [2.75, 3.05) is 32.1 Å². The van der Waals surface area contributed by atoms with Gasteiger partial charge in [0.25, 0.3) is 5.91 Å². The van der Waals surface area contributed by atoms with Crippen LogP contribution in [0.3, 0.4) is 0 Å². The molecule has 0 aliphatic carbocycles. The molecule has 24 heavy (non-hydrogen) atoms. The average Bonchev–Trinajstić information content (AvgIpc) is 3.11. The molecule has 0 bridgehead atoms. The number of aromatic amines is 1. The van der Waals surface area contributed by atoms with Crippen molar-refractivity contribution in [2.24, 2.45) is 0 Å². The number of aromatic nitrogens is 1. The Kier molecular flexibility index (Phi) is 4.26. The first-order valence-corrected chi connectivity index (χ1v) is 7.62. The van der Waals surface area contributed by atoms with E-state index in [0.717, 1.165) is 16.5 Å². The predicted octanol–water partition coefficient (Wildman–Crippen LogP) is 1.15. The normalized spacial score (nSPS) is 14.6. The molecular formula is C17H19N3O4. The van der Waals surface area contributed by atoms with Crippen LogP contribution in [0.5, 0.6) is 0 Å². The van der Waals surface area contributed by atoms with E-state index in [4.69, 9.17) is 9.84 Å². The van der Waals surface area contributed by atoms with Crippen molar-refractivity contribution in [3.05, 3.63) is 41.2 Å². The minimum Gasteiger partial charge on any atom is -0.466 e. The Morgan fingerprint density at radius 3 is 2.96 bits per heavy atom. The molecule has 2 aromatic rings. The summed E-state index contributed by atoms with van der Waals surface area (Å²) in [4.78, 5) is 29.1. The predicted molar refractivity (Wildman–Crippen MR) is 89.4 cm³/mol. The summed E-state index contributed by atoms with van der Waals surface area (Å²) in [6.07, 6.45) is 1.89. The number of fused-ring (bicyclic) bond motifs is 1.